The minimum Gasteiger partial charge on any atom is -0.497 e. The van der Waals surface area contributed by atoms with Crippen LogP contribution in [-0.2, 0) is 4.79 Å². The number of nitrogens with one attached hydrogen (secondary N) is 1. The van der Waals surface area contributed by atoms with E-state index in [1.54, 1.807) is 50.6 Å². The average Bonchev–Trinajstić information content (AvgIpc) is 3.27. The first-order valence-corrected chi connectivity index (χ1v) is 10.4. The van der Waals surface area contributed by atoms with E-state index in [1.165, 1.54) is 13.2 Å². The molecule has 0 atom stereocenters. The molecule has 0 saturated carbocycles. The maximum absolute atomic E-state index is 11.8. The van der Waals surface area contributed by atoms with Crippen LogP contribution in [0.25, 0.3) is 17.5 Å². The molecule has 3 rings (SSSR count). The van der Waals surface area contributed by atoms with Gasteiger partial charge in [0.2, 0.25) is 5.16 Å². The molecule has 0 aliphatic heterocycles. The van der Waals surface area contributed by atoms with Gasteiger partial charge in [-0.1, -0.05) is 6.07 Å². The number of hydrogen-bond acceptors (Lipinski definition) is 8. The predicted molar refractivity (Wildman–Crippen MR) is 121 cm³/mol. The van der Waals surface area contributed by atoms with Crippen molar-refractivity contribution in [3.05, 3.63) is 46.9 Å². The Balaban J connectivity index is 1.87. The molecule has 0 radical (unpaired) electrons. The number of aliphatic carboxylic acids is 1. The molecule has 0 unspecified atom stereocenters. The first-order valence-electron chi connectivity index (χ1n) is 9.56. The number of methoxy groups -OCH3 is 3. The highest BCUT2D eigenvalue weighted by Gasteiger charge is 2.16. The van der Waals surface area contributed by atoms with Gasteiger partial charge >= 0.3 is 5.97 Å². The number of aromatic amines is 1. The van der Waals surface area contributed by atoms with Gasteiger partial charge in [0.05, 0.1) is 27.9 Å². The minimum atomic E-state index is -1.10. The van der Waals surface area contributed by atoms with Crippen molar-refractivity contribution in [1.29, 1.82) is 0 Å². The molecule has 0 aliphatic rings. The lowest BCUT2D eigenvalue weighted by molar-refractivity contribution is -0.131. The lowest BCUT2D eigenvalue weighted by atomic mass is 10.2. The maximum atomic E-state index is 11.8. The summed E-state index contributed by atoms with van der Waals surface area (Å²) in [6, 6.07) is 10.5. The molecule has 1 heterocycles. The fraction of sp³-hybridized carbons (Fsp3) is 0.227. The molecule has 9 nitrogen and oxygen atoms in total. The normalized spacial score (nSPS) is 11.2. The number of H-pyrrole nitrogens is 1. The summed E-state index contributed by atoms with van der Waals surface area (Å²) >= 11 is 0.929. The van der Waals surface area contributed by atoms with Gasteiger partial charge in [0.15, 0.2) is 17.3 Å². The zero-order valence-electron chi connectivity index (χ0n) is 18.0. The summed E-state index contributed by atoms with van der Waals surface area (Å²) in [5.41, 5.74) is 1.33. The SMILES string of the molecule is CCOc1ccc(/C=C(\Sc2n[nH]c(-c3cc(OC)cc(OC)c3)n2)C(=O)O)cc1OC. The number of rotatable bonds is 10. The molecular weight excluding hydrogens is 434 g/mol. The number of carboxylic acid groups (broad SMARTS) is 1. The zero-order chi connectivity index (χ0) is 23.1. The molecule has 1 aromatic heterocycles. The molecule has 0 bridgehead atoms. The molecular formula is C22H23N3O6S. The van der Waals surface area contributed by atoms with E-state index >= 15 is 0 Å². The van der Waals surface area contributed by atoms with Crippen molar-refractivity contribution in [2.75, 3.05) is 27.9 Å². The number of ether oxygens (including phenoxy) is 4. The molecule has 0 saturated heterocycles. The molecule has 32 heavy (non-hydrogen) atoms. The lowest BCUT2D eigenvalue weighted by Crippen LogP contribution is -1.98. The summed E-state index contributed by atoms with van der Waals surface area (Å²) in [5, 5.41) is 16.9. The molecule has 0 aliphatic carbocycles. The van der Waals surface area contributed by atoms with Gasteiger partial charge in [-0.3, -0.25) is 5.10 Å². The number of aromatic nitrogens is 3. The van der Waals surface area contributed by atoms with E-state index in [-0.39, 0.29) is 10.1 Å². The average molecular weight is 458 g/mol. The van der Waals surface area contributed by atoms with Crippen LogP contribution < -0.4 is 18.9 Å². The molecule has 3 aromatic rings. The van der Waals surface area contributed by atoms with Crippen molar-refractivity contribution in [2.45, 2.75) is 12.1 Å². The van der Waals surface area contributed by atoms with Crippen molar-refractivity contribution in [1.82, 2.24) is 15.2 Å². The van der Waals surface area contributed by atoms with E-state index in [0.29, 0.717) is 46.6 Å². The van der Waals surface area contributed by atoms with Crippen molar-refractivity contribution >= 4 is 23.8 Å². The van der Waals surface area contributed by atoms with E-state index < -0.39 is 5.97 Å². The fourth-order valence-electron chi connectivity index (χ4n) is 2.80. The van der Waals surface area contributed by atoms with E-state index in [0.717, 1.165) is 11.8 Å². The largest absolute Gasteiger partial charge is 0.497 e. The molecule has 0 spiro atoms. The second kappa shape index (κ2) is 10.6. The van der Waals surface area contributed by atoms with Crippen LogP contribution in [0.2, 0.25) is 0 Å². The predicted octanol–water partition coefficient (Wildman–Crippen LogP) is 4.11. The van der Waals surface area contributed by atoms with Gasteiger partial charge in [0, 0.05) is 11.6 Å². The summed E-state index contributed by atoms with van der Waals surface area (Å²) in [4.78, 5) is 16.3. The van der Waals surface area contributed by atoms with Gasteiger partial charge in [0.25, 0.3) is 0 Å². The highest BCUT2D eigenvalue weighted by molar-refractivity contribution is 8.04. The maximum Gasteiger partial charge on any atom is 0.342 e. The highest BCUT2D eigenvalue weighted by Crippen LogP contribution is 2.33. The second-order valence-corrected chi connectivity index (χ2v) is 7.34. The van der Waals surface area contributed by atoms with E-state index in [2.05, 4.69) is 15.2 Å². The second-order valence-electron chi connectivity index (χ2n) is 6.33. The smallest absolute Gasteiger partial charge is 0.342 e. The molecule has 10 heteroatoms. The summed E-state index contributed by atoms with van der Waals surface area (Å²) < 4.78 is 21.4. The Hall–Kier alpha value is -3.66. The third kappa shape index (κ3) is 5.52. The molecule has 2 N–H and O–H groups in total. The number of nitrogens with zero attached hydrogens (tertiary/aromatic N) is 2. The first kappa shape index (κ1) is 23.0. The van der Waals surface area contributed by atoms with Crippen LogP contribution in [0.4, 0.5) is 0 Å². The van der Waals surface area contributed by atoms with Crippen LogP contribution in [0, 0.1) is 0 Å². The standard InChI is InChI=1S/C22H23N3O6S/c1-5-31-17-7-6-13(8-18(17)30-4)9-19(21(26)27)32-22-23-20(24-25-22)14-10-15(28-2)12-16(11-14)29-3/h6-12H,5H2,1-4H3,(H,26,27)(H,23,24,25)/b19-9-. The number of thioether (sulfide) groups is 1. The molecule has 2 aromatic carbocycles. The van der Waals surface area contributed by atoms with Gasteiger partial charge in [-0.05, 0) is 54.6 Å². The van der Waals surface area contributed by atoms with Gasteiger partial charge in [-0.25, -0.2) is 9.78 Å². The summed E-state index contributed by atoms with van der Waals surface area (Å²) in [6.45, 7) is 2.37. The van der Waals surface area contributed by atoms with Crippen molar-refractivity contribution in [3.63, 3.8) is 0 Å². The third-order valence-electron chi connectivity index (χ3n) is 4.29. The van der Waals surface area contributed by atoms with E-state index in [1.807, 2.05) is 6.92 Å². The van der Waals surface area contributed by atoms with Crippen LogP contribution in [0.3, 0.4) is 0 Å². The van der Waals surface area contributed by atoms with E-state index in [9.17, 15) is 9.90 Å². The Bertz CT molecular complexity index is 1110. The van der Waals surface area contributed by atoms with Gasteiger partial charge in [-0.2, -0.15) is 0 Å². The molecule has 168 valence electrons. The Morgan fingerprint density at radius 1 is 1.06 bits per heavy atom. The van der Waals surface area contributed by atoms with Crippen LogP contribution >= 0.6 is 11.8 Å². The summed E-state index contributed by atoms with van der Waals surface area (Å²) in [5.74, 6) is 1.65. The quantitative estimate of drug-likeness (QED) is 0.343. The third-order valence-corrected chi connectivity index (χ3v) is 5.16. The van der Waals surface area contributed by atoms with Gasteiger partial charge in [0.1, 0.15) is 16.4 Å². The van der Waals surface area contributed by atoms with Crippen LogP contribution in [0.1, 0.15) is 12.5 Å². The Morgan fingerprint density at radius 2 is 1.78 bits per heavy atom. The monoisotopic (exact) mass is 457 g/mol. The van der Waals surface area contributed by atoms with Crippen LogP contribution in [0.15, 0.2) is 46.5 Å². The number of benzene rings is 2. The number of hydrogen-bond donors (Lipinski definition) is 2. The van der Waals surface area contributed by atoms with Gasteiger partial charge < -0.3 is 24.1 Å². The topological polar surface area (TPSA) is 116 Å². The Kier molecular flexibility index (Phi) is 7.61. The minimum absolute atomic E-state index is 0.0463. The Labute approximate surface area is 189 Å². The van der Waals surface area contributed by atoms with Gasteiger partial charge in [-0.15, -0.1) is 5.10 Å². The molecule has 0 fully saturated rings. The van der Waals surface area contributed by atoms with E-state index in [4.69, 9.17) is 18.9 Å². The number of carboxylic acids is 1. The van der Waals surface area contributed by atoms with Crippen LogP contribution in [0.5, 0.6) is 23.0 Å². The summed E-state index contributed by atoms with van der Waals surface area (Å²) in [6.07, 6.45) is 1.52. The van der Waals surface area contributed by atoms with Crippen molar-refractivity contribution < 1.29 is 28.8 Å². The fourth-order valence-corrected chi connectivity index (χ4v) is 3.51. The highest BCUT2D eigenvalue weighted by atomic mass is 32.2. The van der Waals surface area contributed by atoms with Crippen molar-refractivity contribution in [3.8, 4) is 34.4 Å². The van der Waals surface area contributed by atoms with Crippen LogP contribution in [-0.4, -0.2) is 54.2 Å². The zero-order valence-corrected chi connectivity index (χ0v) is 18.9. The number of carbonyl (C=O) groups is 1. The lowest BCUT2D eigenvalue weighted by Gasteiger charge is -2.10. The Morgan fingerprint density at radius 3 is 2.38 bits per heavy atom. The first-order chi connectivity index (χ1) is 15.5. The summed E-state index contributed by atoms with van der Waals surface area (Å²) in [7, 11) is 4.64. The van der Waals surface area contributed by atoms with Crippen molar-refractivity contribution in [2.24, 2.45) is 0 Å². The molecule has 0 amide bonds.